The molecular formula is C17H31N3. The van der Waals surface area contributed by atoms with Gasteiger partial charge in [-0.1, -0.05) is 40.5 Å². The lowest BCUT2D eigenvalue weighted by Crippen LogP contribution is -2.27. The second-order valence-electron chi connectivity index (χ2n) is 6.63. The van der Waals surface area contributed by atoms with E-state index in [9.17, 15) is 0 Å². The topological polar surface area (TPSA) is 29.9 Å². The zero-order valence-corrected chi connectivity index (χ0v) is 13.9. The number of imidazole rings is 1. The number of hydrogen-bond acceptors (Lipinski definition) is 2. The van der Waals surface area contributed by atoms with Crippen molar-refractivity contribution in [2.24, 2.45) is 11.8 Å². The molecule has 0 aromatic carbocycles. The molecule has 0 amide bonds. The van der Waals surface area contributed by atoms with Gasteiger partial charge in [-0.25, -0.2) is 4.98 Å². The highest BCUT2D eigenvalue weighted by atomic mass is 15.1. The Morgan fingerprint density at radius 1 is 1.20 bits per heavy atom. The Kier molecular flexibility index (Phi) is 5.25. The molecule has 0 fully saturated rings. The van der Waals surface area contributed by atoms with Gasteiger partial charge >= 0.3 is 0 Å². The maximum absolute atomic E-state index is 4.96. The maximum atomic E-state index is 4.96. The molecule has 1 aliphatic heterocycles. The lowest BCUT2D eigenvalue weighted by Gasteiger charge is -2.28. The van der Waals surface area contributed by atoms with Crippen LogP contribution in [-0.2, 0) is 19.4 Å². The molecule has 0 bridgehead atoms. The summed E-state index contributed by atoms with van der Waals surface area (Å²) >= 11 is 0. The van der Waals surface area contributed by atoms with Crippen molar-refractivity contribution in [1.82, 2.24) is 14.9 Å². The summed E-state index contributed by atoms with van der Waals surface area (Å²) in [5, 5.41) is 3.46. The van der Waals surface area contributed by atoms with Gasteiger partial charge < -0.3 is 9.88 Å². The Labute approximate surface area is 124 Å². The van der Waals surface area contributed by atoms with Crippen LogP contribution in [0.3, 0.4) is 0 Å². The fraction of sp³-hybridized carbons (Fsp3) is 0.824. The van der Waals surface area contributed by atoms with Crippen LogP contribution in [0.5, 0.6) is 0 Å². The number of aromatic nitrogens is 2. The molecule has 3 heteroatoms. The van der Waals surface area contributed by atoms with E-state index in [1.165, 1.54) is 30.1 Å². The first kappa shape index (κ1) is 15.6. The summed E-state index contributed by atoms with van der Waals surface area (Å²) in [4.78, 5) is 4.96. The molecule has 3 nitrogen and oxygen atoms in total. The molecule has 1 atom stereocenters. The number of fused-ring (bicyclic) bond motifs is 1. The van der Waals surface area contributed by atoms with Crippen LogP contribution in [0.25, 0.3) is 0 Å². The largest absolute Gasteiger partial charge is 0.329 e. The molecule has 0 aliphatic carbocycles. The third kappa shape index (κ3) is 3.08. The van der Waals surface area contributed by atoms with Crippen molar-refractivity contribution in [3.05, 3.63) is 17.2 Å². The zero-order valence-electron chi connectivity index (χ0n) is 13.9. The van der Waals surface area contributed by atoms with Crippen LogP contribution in [0.4, 0.5) is 0 Å². The minimum atomic E-state index is 0.577. The van der Waals surface area contributed by atoms with E-state index in [4.69, 9.17) is 4.98 Å². The molecule has 0 spiro atoms. The summed E-state index contributed by atoms with van der Waals surface area (Å²) in [6.07, 6.45) is 4.73. The molecule has 1 aliphatic rings. The van der Waals surface area contributed by atoms with Gasteiger partial charge in [0.05, 0.1) is 5.69 Å². The Hall–Kier alpha value is -0.830. The highest BCUT2D eigenvalue weighted by Crippen LogP contribution is 2.30. The molecule has 2 heterocycles. The molecule has 0 saturated carbocycles. The molecule has 2 rings (SSSR count). The highest BCUT2D eigenvalue weighted by Gasteiger charge is 2.26. The van der Waals surface area contributed by atoms with Crippen molar-refractivity contribution >= 4 is 0 Å². The van der Waals surface area contributed by atoms with Crippen molar-refractivity contribution in [2.45, 2.75) is 72.9 Å². The molecule has 1 aromatic rings. The summed E-state index contributed by atoms with van der Waals surface area (Å²) in [5.74, 6) is 2.74. The number of hydrogen-bond donors (Lipinski definition) is 1. The minimum Gasteiger partial charge on any atom is -0.329 e. The van der Waals surface area contributed by atoms with E-state index in [1.54, 1.807) is 0 Å². The molecule has 0 radical (unpaired) electrons. The van der Waals surface area contributed by atoms with Crippen LogP contribution in [-0.4, -0.2) is 16.1 Å². The van der Waals surface area contributed by atoms with Gasteiger partial charge in [-0.05, 0) is 18.8 Å². The predicted molar refractivity (Wildman–Crippen MR) is 85.0 cm³/mol. The Morgan fingerprint density at radius 3 is 2.50 bits per heavy atom. The van der Waals surface area contributed by atoms with Crippen LogP contribution in [0.2, 0.25) is 0 Å². The lowest BCUT2D eigenvalue weighted by atomic mass is 9.94. The van der Waals surface area contributed by atoms with E-state index < -0.39 is 0 Å². The number of rotatable bonds is 6. The van der Waals surface area contributed by atoms with E-state index in [0.29, 0.717) is 12.0 Å². The smallest absolute Gasteiger partial charge is 0.109 e. The van der Waals surface area contributed by atoms with Gasteiger partial charge in [-0.2, -0.15) is 0 Å². The van der Waals surface area contributed by atoms with Gasteiger partial charge in [0.2, 0.25) is 0 Å². The second-order valence-corrected chi connectivity index (χ2v) is 6.63. The quantitative estimate of drug-likeness (QED) is 0.858. The normalized spacial score (nSPS) is 16.8. The first-order chi connectivity index (χ1) is 9.58. The van der Waals surface area contributed by atoms with Crippen molar-refractivity contribution < 1.29 is 0 Å². The van der Waals surface area contributed by atoms with Gasteiger partial charge in [0.25, 0.3) is 0 Å². The first-order valence-corrected chi connectivity index (χ1v) is 8.37. The Balaban J connectivity index is 2.39. The summed E-state index contributed by atoms with van der Waals surface area (Å²) in [6, 6.07) is 0.577. The first-order valence-electron chi connectivity index (χ1n) is 8.37. The summed E-state index contributed by atoms with van der Waals surface area (Å²) in [6.45, 7) is 13.6. The molecule has 1 N–H and O–H groups in total. The Morgan fingerprint density at radius 2 is 1.90 bits per heavy atom. The third-order valence-electron chi connectivity index (χ3n) is 4.73. The highest BCUT2D eigenvalue weighted by molar-refractivity contribution is 5.21. The average molecular weight is 277 g/mol. The van der Waals surface area contributed by atoms with E-state index >= 15 is 0 Å². The molecule has 1 unspecified atom stereocenters. The third-order valence-corrected chi connectivity index (χ3v) is 4.73. The standard InChI is InChI=1S/C17H31N3/c1-6-14(7-2)13(5)20-16-8-9-18-11-15(16)19-17(20)10-12(3)4/h12-14,18H,6-11H2,1-5H3. The predicted octanol–water partition coefficient (Wildman–Crippen LogP) is 3.72. The van der Waals surface area contributed by atoms with E-state index in [0.717, 1.165) is 31.8 Å². The summed E-state index contributed by atoms with van der Waals surface area (Å²) in [7, 11) is 0. The van der Waals surface area contributed by atoms with Crippen LogP contribution < -0.4 is 5.32 Å². The molecule has 20 heavy (non-hydrogen) atoms. The van der Waals surface area contributed by atoms with Crippen molar-refractivity contribution in [2.75, 3.05) is 6.54 Å². The van der Waals surface area contributed by atoms with Gasteiger partial charge in [0, 0.05) is 37.7 Å². The van der Waals surface area contributed by atoms with Crippen molar-refractivity contribution in [1.29, 1.82) is 0 Å². The van der Waals surface area contributed by atoms with Gasteiger partial charge in [-0.15, -0.1) is 0 Å². The van der Waals surface area contributed by atoms with E-state index in [-0.39, 0.29) is 0 Å². The van der Waals surface area contributed by atoms with Crippen LogP contribution in [0.15, 0.2) is 0 Å². The minimum absolute atomic E-state index is 0.577. The van der Waals surface area contributed by atoms with Crippen LogP contribution in [0.1, 0.15) is 70.7 Å². The number of nitrogens with one attached hydrogen (secondary N) is 1. The maximum Gasteiger partial charge on any atom is 0.109 e. The Bertz CT molecular complexity index is 430. The monoisotopic (exact) mass is 277 g/mol. The zero-order chi connectivity index (χ0) is 14.7. The number of nitrogens with zero attached hydrogens (tertiary/aromatic N) is 2. The summed E-state index contributed by atoms with van der Waals surface area (Å²) in [5.41, 5.74) is 2.79. The second kappa shape index (κ2) is 6.75. The van der Waals surface area contributed by atoms with Crippen molar-refractivity contribution in [3.8, 4) is 0 Å². The average Bonchev–Trinajstić information content (AvgIpc) is 2.76. The SMILES string of the molecule is CCC(CC)C(C)n1c(CC(C)C)nc2c1CCNC2. The van der Waals surface area contributed by atoms with Gasteiger partial charge in [0.15, 0.2) is 0 Å². The van der Waals surface area contributed by atoms with E-state index in [1.807, 2.05) is 0 Å². The van der Waals surface area contributed by atoms with Gasteiger partial charge in [0.1, 0.15) is 5.82 Å². The molecule has 114 valence electrons. The lowest BCUT2D eigenvalue weighted by molar-refractivity contribution is 0.316. The molecule has 0 saturated heterocycles. The van der Waals surface area contributed by atoms with Crippen LogP contribution >= 0.6 is 0 Å². The summed E-state index contributed by atoms with van der Waals surface area (Å²) < 4.78 is 2.59. The van der Waals surface area contributed by atoms with Gasteiger partial charge in [-0.3, -0.25) is 0 Å². The van der Waals surface area contributed by atoms with E-state index in [2.05, 4.69) is 44.5 Å². The molecule has 1 aromatic heterocycles. The fourth-order valence-corrected chi connectivity index (χ4v) is 3.56. The fourth-order valence-electron chi connectivity index (χ4n) is 3.56. The molecular weight excluding hydrogens is 246 g/mol. The van der Waals surface area contributed by atoms with Crippen LogP contribution in [0, 0.1) is 11.8 Å². The van der Waals surface area contributed by atoms with Crippen molar-refractivity contribution in [3.63, 3.8) is 0 Å².